The van der Waals surface area contributed by atoms with Gasteiger partial charge in [-0.25, -0.2) is 0 Å². The normalized spacial score (nSPS) is 35.8. The zero-order valence-electron chi connectivity index (χ0n) is 9.30. The first-order valence-corrected chi connectivity index (χ1v) is 5.13. The first-order valence-electron chi connectivity index (χ1n) is 5.13. The second-order valence-corrected chi connectivity index (χ2v) is 4.37. The highest BCUT2D eigenvalue weighted by Gasteiger charge is 2.29. The van der Waals surface area contributed by atoms with Crippen molar-refractivity contribution in [1.82, 2.24) is 10.2 Å². The van der Waals surface area contributed by atoms with Gasteiger partial charge in [-0.2, -0.15) is 0 Å². The second kappa shape index (κ2) is 4.14. The largest absolute Gasteiger partial charge is 0.392 e. The second-order valence-electron chi connectivity index (χ2n) is 4.37. The van der Waals surface area contributed by atoms with Gasteiger partial charge in [0.25, 0.3) is 0 Å². The summed E-state index contributed by atoms with van der Waals surface area (Å²) in [4.78, 5) is 2.43. The van der Waals surface area contributed by atoms with E-state index in [0.29, 0.717) is 12.0 Å². The molecule has 0 aliphatic carbocycles. The zero-order chi connectivity index (χ0) is 10.0. The molecule has 13 heavy (non-hydrogen) atoms. The lowest BCUT2D eigenvalue weighted by Crippen LogP contribution is -2.45. The lowest BCUT2D eigenvalue weighted by Gasteiger charge is -2.40. The van der Waals surface area contributed by atoms with Crippen molar-refractivity contribution < 1.29 is 0 Å². The molecule has 0 radical (unpaired) electrons. The van der Waals surface area contributed by atoms with E-state index in [9.17, 15) is 0 Å². The Kier molecular flexibility index (Phi) is 3.37. The topological polar surface area (TPSA) is 15.3 Å². The van der Waals surface area contributed by atoms with Gasteiger partial charge in [0.1, 0.15) is 0 Å². The van der Waals surface area contributed by atoms with E-state index in [0.717, 1.165) is 12.5 Å². The molecule has 1 N–H and O–H groups in total. The number of rotatable bonds is 2. The highest BCUT2D eigenvalue weighted by molar-refractivity contribution is 5.01. The molecule has 0 saturated carbocycles. The summed E-state index contributed by atoms with van der Waals surface area (Å²) >= 11 is 0. The Labute approximate surface area is 82.0 Å². The standard InChI is InChI=1S/C11H22N2/c1-8-6-11(9(2)12-4)7-13(5)10(8)3/h8,10-12H,2,6-7H2,1,3-5H3. The minimum atomic E-state index is 0.626. The molecule has 1 fully saturated rings. The van der Waals surface area contributed by atoms with Gasteiger partial charge in [0.05, 0.1) is 0 Å². The summed E-state index contributed by atoms with van der Waals surface area (Å²) in [7, 11) is 4.17. The summed E-state index contributed by atoms with van der Waals surface area (Å²) < 4.78 is 0. The average Bonchev–Trinajstić information content (AvgIpc) is 2.12. The molecule has 2 nitrogen and oxygen atoms in total. The first-order chi connectivity index (χ1) is 6.06. The van der Waals surface area contributed by atoms with Crippen molar-refractivity contribution >= 4 is 0 Å². The van der Waals surface area contributed by atoms with E-state index in [1.807, 2.05) is 7.05 Å². The van der Waals surface area contributed by atoms with Gasteiger partial charge in [-0.3, -0.25) is 0 Å². The van der Waals surface area contributed by atoms with Gasteiger partial charge < -0.3 is 10.2 Å². The molecule has 0 aromatic carbocycles. The van der Waals surface area contributed by atoms with Gasteiger partial charge in [-0.15, -0.1) is 0 Å². The smallest absolute Gasteiger partial charge is 0.0111 e. The van der Waals surface area contributed by atoms with Crippen molar-refractivity contribution in [2.24, 2.45) is 11.8 Å². The summed E-state index contributed by atoms with van der Waals surface area (Å²) in [5, 5.41) is 3.17. The number of likely N-dealkylation sites (tertiary alicyclic amines) is 1. The summed E-state index contributed by atoms with van der Waals surface area (Å²) in [5.41, 5.74) is 1.19. The fourth-order valence-corrected chi connectivity index (χ4v) is 2.13. The Balaban J connectivity index is 2.58. The quantitative estimate of drug-likeness (QED) is 0.699. The van der Waals surface area contributed by atoms with Gasteiger partial charge in [0.15, 0.2) is 0 Å². The third-order valence-electron chi connectivity index (χ3n) is 3.50. The van der Waals surface area contributed by atoms with Gasteiger partial charge in [-0.05, 0) is 26.3 Å². The van der Waals surface area contributed by atoms with Crippen LogP contribution in [0.1, 0.15) is 20.3 Å². The molecule has 0 aromatic heterocycles. The van der Waals surface area contributed by atoms with Crippen LogP contribution < -0.4 is 5.32 Å². The molecule has 1 aliphatic heterocycles. The molecular formula is C11H22N2. The van der Waals surface area contributed by atoms with Crippen LogP contribution in [-0.2, 0) is 0 Å². The zero-order valence-corrected chi connectivity index (χ0v) is 9.30. The Hall–Kier alpha value is -0.500. The SMILES string of the molecule is C=C(NC)C1CC(C)C(C)N(C)C1. The lowest BCUT2D eigenvalue weighted by molar-refractivity contribution is 0.111. The molecule has 3 unspecified atom stereocenters. The Morgan fingerprint density at radius 1 is 1.46 bits per heavy atom. The van der Waals surface area contributed by atoms with Crippen LogP contribution in [0.2, 0.25) is 0 Å². The molecule has 3 atom stereocenters. The maximum absolute atomic E-state index is 4.05. The van der Waals surface area contributed by atoms with Crippen molar-refractivity contribution in [1.29, 1.82) is 0 Å². The molecule has 1 heterocycles. The molecule has 1 rings (SSSR count). The molecule has 0 amide bonds. The molecule has 1 saturated heterocycles. The number of hydrogen-bond donors (Lipinski definition) is 1. The number of nitrogens with one attached hydrogen (secondary N) is 1. The van der Waals surface area contributed by atoms with Crippen molar-refractivity contribution in [3.05, 3.63) is 12.3 Å². The number of hydrogen-bond acceptors (Lipinski definition) is 2. The van der Waals surface area contributed by atoms with Crippen LogP contribution >= 0.6 is 0 Å². The minimum Gasteiger partial charge on any atom is -0.392 e. The van der Waals surface area contributed by atoms with E-state index < -0.39 is 0 Å². The maximum Gasteiger partial charge on any atom is 0.0111 e. The molecule has 2 heteroatoms. The van der Waals surface area contributed by atoms with E-state index in [-0.39, 0.29) is 0 Å². The molecule has 76 valence electrons. The Morgan fingerprint density at radius 2 is 2.08 bits per heavy atom. The molecule has 0 spiro atoms. The summed E-state index contributed by atoms with van der Waals surface area (Å²) in [5.74, 6) is 1.40. The molecular weight excluding hydrogens is 160 g/mol. The Morgan fingerprint density at radius 3 is 2.54 bits per heavy atom. The number of piperidine rings is 1. The average molecular weight is 182 g/mol. The van der Waals surface area contributed by atoms with Gasteiger partial charge in [0.2, 0.25) is 0 Å². The third-order valence-corrected chi connectivity index (χ3v) is 3.50. The van der Waals surface area contributed by atoms with Crippen molar-refractivity contribution in [2.45, 2.75) is 26.3 Å². The molecule has 0 aromatic rings. The van der Waals surface area contributed by atoms with Crippen LogP contribution in [0.5, 0.6) is 0 Å². The van der Waals surface area contributed by atoms with E-state index in [4.69, 9.17) is 0 Å². The minimum absolute atomic E-state index is 0.626. The van der Waals surface area contributed by atoms with E-state index in [2.05, 4.69) is 37.7 Å². The van der Waals surface area contributed by atoms with Crippen LogP contribution in [0.15, 0.2) is 12.3 Å². The maximum atomic E-state index is 4.05. The predicted molar refractivity (Wildman–Crippen MR) is 57.6 cm³/mol. The molecule has 1 aliphatic rings. The lowest BCUT2D eigenvalue weighted by atomic mass is 9.84. The van der Waals surface area contributed by atoms with Crippen molar-refractivity contribution in [2.75, 3.05) is 20.6 Å². The van der Waals surface area contributed by atoms with Crippen molar-refractivity contribution in [3.63, 3.8) is 0 Å². The van der Waals surface area contributed by atoms with Crippen molar-refractivity contribution in [3.8, 4) is 0 Å². The fraction of sp³-hybridized carbons (Fsp3) is 0.818. The monoisotopic (exact) mass is 182 g/mol. The third kappa shape index (κ3) is 2.25. The van der Waals surface area contributed by atoms with E-state index in [1.165, 1.54) is 12.1 Å². The van der Waals surface area contributed by atoms with Gasteiger partial charge in [0, 0.05) is 31.2 Å². The van der Waals surface area contributed by atoms with Crippen LogP contribution in [-0.4, -0.2) is 31.6 Å². The fourth-order valence-electron chi connectivity index (χ4n) is 2.13. The van der Waals surface area contributed by atoms with Crippen LogP contribution in [0.3, 0.4) is 0 Å². The van der Waals surface area contributed by atoms with E-state index in [1.54, 1.807) is 0 Å². The van der Waals surface area contributed by atoms with Crippen LogP contribution in [0, 0.1) is 11.8 Å². The summed E-state index contributed by atoms with van der Waals surface area (Å²) in [6.07, 6.45) is 1.27. The van der Waals surface area contributed by atoms with Crippen LogP contribution in [0.25, 0.3) is 0 Å². The highest BCUT2D eigenvalue weighted by Crippen LogP contribution is 2.28. The predicted octanol–water partition coefficient (Wildman–Crippen LogP) is 1.70. The first kappa shape index (κ1) is 10.6. The summed E-state index contributed by atoms with van der Waals surface area (Å²) in [6.45, 7) is 9.84. The Bertz CT molecular complexity index is 177. The highest BCUT2D eigenvalue weighted by atomic mass is 15.1. The van der Waals surface area contributed by atoms with Gasteiger partial charge >= 0.3 is 0 Å². The van der Waals surface area contributed by atoms with E-state index >= 15 is 0 Å². The van der Waals surface area contributed by atoms with Crippen LogP contribution in [0.4, 0.5) is 0 Å². The molecule has 0 bridgehead atoms. The number of nitrogens with zero attached hydrogens (tertiary/aromatic N) is 1. The van der Waals surface area contributed by atoms with Gasteiger partial charge in [-0.1, -0.05) is 13.5 Å². The summed E-state index contributed by atoms with van der Waals surface area (Å²) in [6, 6.07) is 0.709.